The number of aromatic amines is 1. The molecule has 0 bridgehead atoms. The third-order valence-electron chi connectivity index (χ3n) is 1.44. The summed E-state index contributed by atoms with van der Waals surface area (Å²) in [5, 5.41) is 4.62. The van der Waals surface area contributed by atoms with E-state index < -0.39 is 32.5 Å². The van der Waals surface area contributed by atoms with Crippen molar-refractivity contribution in [3.05, 3.63) is 28.2 Å². The maximum atomic E-state index is 12.2. The van der Waals surface area contributed by atoms with Crippen LogP contribution in [0.5, 0.6) is 0 Å². The van der Waals surface area contributed by atoms with E-state index in [0.717, 1.165) is 12.3 Å². The molecule has 3 N–H and O–H groups in total. The van der Waals surface area contributed by atoms with Crippen LogP contribution in [0.4, 0.5) is 8.78 Å². The molecule has 0 amide bonds. The van der Waals surface area contributed by atoms with Crippen LogP contribution in [0.3, 0.4) is 0 Å². The molecule has 0 unspecified atom stereocenters. The van der Waals surface area contributed by atoms with E-state index >= 15 is 0 Å². The van der Waals surface area contributed by atoms with E-state index in [1.165, 1.54) is 0 Å². The minimum absolute atomic E-state index is 0.811. The zero-order valence-electron chi connectivity index (χ0n) is 6.70. The number of hydrogen-bond acceptors (Lipinski definition) is 3. The van der Waals surface area contributed by atoms with Gasteiger partial charge in [-0.05, 0) is 0 Å². The molecule has 5 nitrogen and oxygen atoms in total. The highest BCUT2D eigenvalue weighted by Gasteiger charge is 2.23. The number of nitrogens with two attached hydrogens (primary N) is 1. The van der Waals surface area contributed by atoms with E-state index in [0.29, 0.717) is 0 Å². The van der Waals surface area contributed by atoms with Crippen LogP contribution in [0.15, 0.2) is 22.0 Å². The van der Waals surface area contributed by atoms with Gasteiger partial charge >= 0.3 is 0 Å². The highest BCUT2D eigenvalue weighted by molar-refractivity contribution is 7.89. The van der Waals surface area contributed by atoms with Crippen LogP contribution in [-0.4, -0.2) is 13.4 Å². The Labute approximate surface area is 77.6 Å². The van der Waals surface area contributed by atoms with Crippen LogP contribution < -0.4 is 10.6 Å². The van der Waals surface area contributed by atoms with Gasteiger partial charge in [-0.1, -0.05) is 0 Å². The molecule has 0 saturated heterocycles. The van der Waals surface area contributed by atoms with E-state index in [2.05, 4.69) is 5.14 Å². The molecule has 0 saturated carbocycles. The standard InChI is InChI=1S/C6H6F2N2O3S/c7-6(8)4-5(14(9,12)13)3(11)1-2-10-4/h1-2,6H,(H,10,11)(H2,9,12,13). The minimum atomic E-state index is -4.43. The number of H-pyrrole nitrogens is 1. The second kappa shape index (κ2) is 3.46. The van der Waals surface area contributed by atoms with Crippen LogP contribution in [-0.2, 0) is 10.0 Å². The lowest BCUT2D eigenvalue weighted by molar-refractivity contribution is 0.142. The van der Waals surface area contributed by atoms with Gasteiger partial charge in [0.15, 0.2) is 4.90 Å². The van der Waals surface area contributed by atoms with E-state index in [1.54, 1.807) is 0 Å². The fourth-order valence-corrected chi connectivity index (χ4v) is 1.74. The van der Waals surface area contributed by atoms with Gasteiger partial charge in [-0.25, -0.2) is 22.3 Å². The van der Waals surface area contributed by atoms with Gasteiger partial charge < -0.3 is 4.98 Å². The summed E-state index contributed by atoms with van der Waals surface area (Å²) in [5.41, 5.74) is -2.04. The molecule has 0 aliphatic carbocycles. The van der Waals surface area contributed by atoms with E-state index in [-0.39, 0.29) is 0 Å². The monoisotopic (exact) mass is 224 g/mol. The number of sulfonamides is 1. The molecule has 0 atom stereocenters. The summed E-state index contributed by atoms with van der Waals surface area (Å²) in [4.78, 5) is 11.9. The van der Waals surface area contributed by atoms with Gasteiger partial charge in [-0.15, -0.1) is 0 Å². The first-order valence-electron chi connectivity index (χ1n) is 3.36. The maximum absolute atomic E-state index is 12.2. The Bertz CT molecular complexity index is 494. The predicted octanol–water partition coefficient (Wildman–Crippen LogP) is -0.0401. The molecular formula is C6H6F2N2O3S. The first-order chi connectivity index (χ1) is 6.34. The Hall–Kier alpha value is -1.28. The molecular weight excluding hydrogens is 218 g/mol. The van der Waals surface area contributed by atoms with Crippen molar-refractivity contribution in [3.8, 4) is 0 Å². The number of aromatic nitrogens is 1. The van der Waals surface area contributed by atoms with Crippen LogP contribution in [0.1, 0.15) is 12.1 Å². The minimum Gasteiger partial charge on any atom is -0.359 e. The van der Waals surface area contributed by atoms with Gasteiger partial charge in [-0.3, -0.25) is 4.79 Å². The lowest BCUT2D eigenvalue weighted by Crippen LogP contribution is -2.24. The van der Waals surface area contributed by atoms with Gasteiger partial charge in [0.2, 0.25) is 15.5 Å². The number of nitrogens with one attached hydrogen (secondary N) is 1. The Morgan fingerprint density at radius 2 is 2.00 bits per heavy atom. The Morgan fingerprint density at radius 3 is 2.36 bits per heavy atom. The highest BCUT2D eigenvalue weighted by atomic mass is 32.2. The van der Waals surface area contributed by atoms with Crippen molar-refractivity contribution in [3.63, 3.8) is 0 Å². The number of hydrogen-bond donors (Lipinski definition) is 2. The SMILES string of the molecule is NS(=O)(=O)c1c(C(F)F)[nH]ccc1=O. The molecule has 1 rings (SSSR count). The molecule has 1 heterocycles. The molecule has 0 aliphatic heterocycles. The van der Waals surface area contributed by atoms with Gasteiger partial charge in [0.05, 0.1) is 0 Å². The topological polar surface area (TPSA) is 93.0 Å². The van der Waals surface area contributed by atoms with Crippen molar-refractivity contribution in [2.24, 2.45) is 5.14 Å². The summed E-state index contributed by atoms with van der Waals surface area (Å²) in [6, 6.07) is 0.811. The van der Waals surface area contributed by atoms with Crippen molar-refractivity contribution < 1.29 is 17.2 Å². The van der Waals surface area contributed by atoms with Crippen molar-refractivity contribution >= 4 is 10.0 Å². The molecule has 0 radical (unpaired) electrons. The second-order valence-electron chi connectivity index (χ2n) is 2.43. The Morgan fingerprint density at radius 1 is 1.43 bits per heavy atom. The van der Waals surface area contributed by atoms with E-state index in [1.807, 2.05) is 4.98 Å². The number of primary sulfonamides is 1. The summed E-state index contributed by atoms with van der Waals surface area (Å²) < 4.78 is 46.1. The summed E-state index contributed by atoms with van der Waals surface area (Å²) >= 11 is 0. The molecule has 8 heteroatoms. The molecule has 0 fully saturated rings. The largest absolute Gasteiger partial charge is 0.359 e. The second-order valence-corrected chi connectivity index (χ2v) is 3.93. The zero-order valence-corrected chi connectivity index (χ0v) is 7.51. The van der Waals surface area contributed by atoms with Crippen molar-refractivity contribution in [1.82, 2.24) is 4.98 Å². The summed E-state index contributed by atoms with van der Waals surface area (Å²) in [6.45, 7) is 0. The predicted molar refractivity (Wildman–Crippen MR) is 43.4 cm³/mol. The average molecular weight is 224 g/mol. The zero-order chi connectivity index (χ0) is 10.9. The van der Waals surface area contributed by atoms with Crippen LogP contribution in [0.25, 0.3) is 0 Å². The third kappa shape index (κ3) is 1.96. The molecule has 78 valence electrons. The number of alkyl halides is 2. The van der Waals surface area contributed by atoms with Gasteiger partial charge in [-0.2, -0.15) is 0 Å². The number of pyridine rings is 1. The van der Waals surface area contributed by atoms with Crippen molar-refractivity contribution in [1.29, 1.82) is 0 Å². The molecule has 1 aromatic rings. The lowest BCUT2D eigenvalue weighted by atomic mass is 10.3. The van der Waals surface area contributed by atoms with Crippen LogP contribution in [0, 0.1) is 0 Å². The molecule has 1 aromatic heterocycles. The number of rotatable bonds is 2. The fraction of sp³-hybridized carbons (Fsp3) is 0.167. The first kappa shape index (κ1) is 10.8. The Balaban J connectivity index is 3.63. The van der Waals surface area contributed by atoms with E-state index in [9.17, 15) is 22.0 Å². The summed E-state index contributed by atoms with van der Waals surface area (Å²) in [6.07, 6.45) is -2.17. The number of halogens is 2. The maximum Gasteiger partial charge on any atom is 0.279 e. The molecule has 14 heavy (non-hydrogen) atoms. The highest BCUT2D eigenvalue weighted by Crippen LogP contribution is 2.20. The average Bonchev–Trinajstić information content (AvgIpc) is 2.01. The first-order valence-corrected chi connectivity index (χ1v) is 4.91. The molecule has 0 aliphatic rings. The Kier molecular flexibility index (Phi) is 2.67. The molecule has 0 spiro atoms. The normalized spacial score (nSPS) is 12.0. The summed E-state index contributed by atoms with van der Waals surface area (Å²) in [5.74, 6) is 0. The smallest absolute Gasteiger partial charge is 0.279 e. The van der Waals surface area contributed by atoms with Crippen LogP contribution >= 0.6 is 0 Å². The van der Waals surface area contributed by atoms with Crippen molar-refractivity contribution in [2.45, 2.75) is 11.3 Å². The lowest BCUT2D eigenvalue weighted by Gasteiger charge is -2.04. The fourth-order valence-electron chi connectivity index (χ4n) is 0.937. The van der Waals surface area contributed by atoms with Gasteiger partial charge in [0.1, 0.15) is 5.69 Å². The van der Waals surface area contributed by atoms with E-state index in [4.69, 9.17) is 0 Å². The van der Waals surface area contributed by atoms with Gasteiger partial charge in [0, 0.05) is 12.3 Å². The third-order valence-corrected chi connectivity index (χ3v) is 2.43. The quantitative estimate of drug-likeness (QED) is 0.738. The van der Waals surface area contributed by atoms with Crippen molar-refractivity contribution in [2.75, 3.05) is 0 Å². The van der Waals surface area contributed by atoms with Crippen LogP contribution in [0.2, 0.25) is 0 Å². The molecule has 0 aromatic carbocycles. The van der Waals surface area contributed by atoms with Gasteiger partial charge in [0.25, 0.3) is 6.43 Å². The summed E-state index contributed by atoms with van der Waals surface area (Å²) in [7, 11) is -4.43.